The first-order valence-electron chi connectivity index (χ1n) is 14.4. The summed E-state index contributed by atoms with van der Waals surface area (Å²) in [5.74, 6) is 0.105. The van der Waals surface area contributed by atoms with Gasteiger partial charge in [-0.15, -0.1) is 0 Å². The Morgan fingerprint density at radius 3 is 1.94 bits per heavy atom. The van der Waals surface area contributed by atoms with E-state index in [1.54, 1.807) is 0 Å². The molecule has 0 amide bonds. The lowest BCUT2D eigenvalue weighted by atomic mass is 9.85. The van der Waals surface area contributed by atoms with Gasteiger partial charge in [0.15, 0.2) is 5.78 Å². The highest BCUT2D eigenvalue weighted by molar-refractivity contribution is 6.01. The SMILES string of the molecule is CCCCCCCCCCCCCCC(C(=O)c1ccccc1)c1ccc(N2CCCC2)cc1O. The van der Waals surface area contributed by atoms with Crippen molar-refractivity contribution in [2.24, 2.45) is 0 Å². The summed E-state index contributed by atoms with van der Waals surface area (Å²) < 4.78 is 0. The molecule has 2 aromatic carbocycles. The first-order chi connectivity index (χ1) is 17.2. The molecule has 192 valence electrons. The van der Waals surface area contributed by atoms with E-state index < -0.39 is 0 Å². The lowest BCUT2D eigenvalue weighted by Gasteiger charge is -2.22. The van der Waals surface area contributed by atoms with Crippen LogP contribution in [-0.2, 0) is 0 Å². The number of nitrogens with zero attached hydrogens (tertiary/aromatic N) is 1. The third-order valence-electron chi connectivity index (χ3n) is 7.58. The van der Waals surface area contributed by atoms with Crippen LogP contribution in [0.1, 0.15) is 125 Å². The average molecular weight is 478 g/mol. The number of anilines is 1. The molecule has 1 fully saturated rings. The monoisotopic (exact) mass is 477 g/mol. The molecule has 0 spiro atoms. The van der Waals surface area contributed by atoms with Crippen LogP contribution in [0.5, 0.6) is 5.75 Å². The number of phenolic OH excluding ortho intramolecular Hbond substituents is 1. The van der Waals surface area contributed by atoms with E-state index in [9.17, 15) is 9.90 Å². The van der Waals surface area contributed by atoms with E-state index in [4.69, 9.17) is 0 Å². The molecule has 1 heterocycles. The van der Waals surface area contributed by atoms with Crippen LogP contribution in [0, 0.1) is 0 Å². The fourth-order valence-electron chi connectivity index (χ4n) is 5.42. The summed E-state index contributed by atoms with van der Waals surface area (Å²) in [7, 11) is 0. The maximum Gasteiger partial charge on any atom is 0.170 e. The third kappa shape index (κ3) is 9.02. The molecule has 1 unspecified atom stereocenters. The van der Waals surface area contributed by atoms with Gasteiger partial charge >= 0.3 is 0 Å². The second-order valence-electron chi connectivity index (χ2n) is 10.4. The van der Waals surface area contributed by atoms with Crippen molar-refractivity contribution in [2.75, 3.05) is 18.0 Å². The Kier molecular flexibility index (Phi) is 12.2. The molecule has 3 nitrogen and oxygen atoms in total. The summed E-state index contributed by atoms with van der Waals surface area (Å²) >= 11 is 0. The van der Waals surface area contributed by atoms with Crippen molar-refractivity contribution >= 4 is 11.5 Å². The molecule has 35 heavy (non-hydrogen) atoms. The van der Waals surface area contributed by atoms with Crippen LogP contribution in [0.4, 0.5) is 5.69 Å². The summed E-state index contributed by atoms with van der Waals surface area (Å²) in [6.45, 7) is 4.36. The number of rotatable bonds is 17. The number of unbranched alkanes of at least 4 members (excludes halogenated alkanes) is 11. The van der Waals surface area contributed by atoms with Crippen LogP contribution in [0.15, 0.2) is 48.5 Å². The number of Topliss-reactive ketones (excluding diaryl/α,β-unsaturated/α-hetero) is 1. The van der Waals surface area contributed by atoms with Crippen molar-refractivity contribution in [3.05, 3.63) is 59.7 Å². The number of phenols is 1. The number of carbonyl (C=O) groups is 1. The quantitative estimate of drug-likeness (QED) is 0.182. The minimum absolute atomic E-state index is 0.123. The number of ketones is 1. The van der Waals surface area contributed by atoms with Gasteiger partial charge in [-0.25, -0.2) is 0 Å². The van der Waals surface area contributed by atoms with Crippen LogP contribution >= 0.6 is 0 Å². The predicted octanol–water partition coefficient (Wildman–Crippen LogP) is 9.05. The summed E-state index contributed by atoms with van der Waals surface area (Å²) in [6, 6.07) is 15.5. The maximum absolute atomic E-state index is 13.4. The Morgan fingerprint density at radius 1 is 0.800 bits per heavy atom. The summed E-state index contributed by atoms with van der Waals surface area (Å²) in [4.78, 5) is 15.8. The molecule has 2 aromatic rings. The third-order valence-corrected chi connectivity index (χ3v) is 7.58. The first kappa shape index (κ1) is 27.3. The van der Waals surface area contributed by atoms with Gasteiger partial charge in [-0.3, -0.25) is 4.79 Å². The number of hydrogen-bond donors (Lipinski definition) is 1. The van der Waals surface area contributed by atoms with E-state index in [1.807, 2.05) is 42.5 Å². The van der Waals surface area contributed by atoms with Crippen LogP contribution in [0.25, 0.3) is 0 Å². The highest BCUT2D eigenvalue weighted by Crippen LogP contribution is 2.36. The molecular formula is C32H47NO2. The van der Waals surface area contributed by atoms with Crippen molar-refractivity contribution in [1.82, 2.24) is 0 Å². The highest BCUT2D eigenvalue weighted by Gasteiger charge is 2.25. The zero-order valence-electron chi connectivity index (χ0n) is 22.0. The standard InChI is InChI=1S/C32H47NO2/c1-2-3-4-5-6-7-8-9-10-11-12-16-21-30(32(35)27-19-14-13-15-20-27)29-23-22-28(26-31(29)34)33-24-17-18-25-33/h13-15,19-20,22-23,26,30,34H,2-12,16-18,21,24-25H2,1H3. The molecule has 1 atom stereocenters. The van der Waals surface area contributed by atoms with Crippen molar-refractivity contribution in [1.29, 1.82) is 0 Å². The molecule has 0 bridgehead atoms. The minimum atomic E-state index is -0.284. The van der Waals surface area contributed by atoms with Gasteiger partial charge in [0.05, 0.1) is 5.92 Å². The number of benzene rings is 2. The molecule has 3 heteroatoms. The van der Waals surface area contributed by atoms with Crippen LogP contribution in [0.2, 0.25) is 0 Å². The lowest BCUT2D eigenvalue weighted by Crippen LogP contribution is -2.18. The van der Waals surface area contributed by atoms with Crippen molar-refractivity contribution in [3.8, 4) is 5.75 Å². The molecule has 1 N–H and O–H groups in total. The fourth-order valence-corrected chi connectivity index (χ4v) is 5.42. The van der Waals surface area contributed by atoms with Gasteiger partial charge in [-0.2, -0.15) is 0 Å². The molecule has 0 aliphatic carbocycles. The molecule has 3 rings (SSSR count). The number of aromatic hydroxyl groups is 1. The Morgan fingerprint density at radius 2 is 1.37 bits per heavy atom. The molecule has 1 saturated heterocycles. The summed E-state index contributed by atoms with van der Waals surface area (Å²) in [5.41, 5.74) is 2.59. The van der Waals surface area contributed by atoms with Crippen molar-refractivity contribution in [2.45, 2.75) is 109 Å². The highest BCUT2D eigenvalue weighted by atomic mass is 16.3. The lowest BCUT2D eigenvalue weighted by molar-refractivity contribution is 0.0952. The molecule has 1 aliphatic rings. The molecule has 0 radical (unpaired) electrons. The largest absolute Gasteiger partial charge is 0.508 e. The van der Waals surface area contributed by atoms with Gasteiger partial charge in [-0.1, -0.05) is 120 Å². The zero-order valence-corrected chi connectivity index (χ0v) is 22.0. The Labute approximate surface area is 213 Å². The predicted molar refractivity (Wildman–Crippen MR) is 149 cm³/mol. The molecule has 0 saturated carbocycles. The van der Waals surface area contributed by atoms with E-state index in [-0.39, 0.29) is 17.5 Å². The van der Waals surface area contributed by atoms with Crippen LogP contribution in [-0.4, -0.2) is 24.0 Å². The van der Waals surface area contributed by atoms with Crippen LogP contribution < -0.4 is 4.90 Å². The summed E-state index contributed by atoms with van der Waals surface area (Å²) in [5, 5.41) is 10.9. The Bertz CT molecular complexity index is 857. The summed E-state index contributed by atoms with van der Waals surface area (Å²) in [6.07, 6.45) is 18.9. The molecule has 1 aliphatic heterocycles. The topological polar surface area (TPSA) is 40.5 Å². The molecule has 0 aromatic heterocycles. The van der Waals surface area contributed by atoms with Gasteiger partial charge in [0.1, 0.15) is 5.75 Å². The second kappa shape index (κ2) is 15.7. The smallest absolute Gasteiger partial charge is 0.170 e. The Hall–Kier alpha value is -2.29. The van der Waals surface area contributed by atoms with Gasteiger partial charge in [0, 0.05) is 36.0 Å². The van der Waals surface area contributed by atoms with Crippen LogP contribution in [0.3, 0.4) is 0 Å². The van der Waals surface area contributed by atoms with E-state index in [1.165, 1.54) is 77.0 Å². The first-order valence-corrected chi connectivity index (χ1v) is 14.4. The number of hydrogen-bond acceptors (Lipinski definition) is 3. The minimum Gasteiger partial charge on any atom is -0.508 e. The van der Waals surface area contributed by atoms with Crippen molar-refractivity contribution in [3.63, 3.8) is 0 Å². The van der Waals surface area contributed by atoms with Crippen molar-refractivity contribution < 1.29 is 9.90 Å². The fraction of sp³-hybridized carbons (Fsp3) is 0.594. The van der Waals surface area contributed by atoms with Gasteiger partial charge in [0.2, 0.25) is 0 Å². The van der Waals surface area contributed by atoms with Gasteiger partial charge in [0.25, 0.3) is 0 Å². The van der Waals surface area contributed by atoms with E-state index in [2.05, 4.69) is 17.9 Å². The zero-order chi connectivity index (χ0) is 24.7. The van der Waals surface area contributed by atoms with E-state index in [0.717, 1.165) is 49.2 Å². The maximum atomic E-state index is 13.4. The van der Waals surface area contributed by atoms with E-state index >= 15 is 0 Å². The van der Waals surface area contributed by atoms with Gasteiger partial charge in [-0.05, 0) is 25.3 Å². The second-order valence-corrected chi connectivity index (χ2v) is 10.4. The number of carbonyl (C=O) groups excluding carboxylic acids is 1. The Balaban J connectivity index is 1.49. The average Bonchev–Trinajstić information content (AvgIpc) is 3.43. The van der Waals surface area contributed by atoms with E-state index in [0.29, 0.717) is 0 Å². The normalized spacial score (nSPS) is 14.4. The van der Waals surface area contributed by atoms with Gasteiger partial charge < -0.3 is 10.0 Å². The molecular weight excluding hydrogens is 430 g/mol.